The van der Waals surface area contributed by atoms with Crippen LogP contribution >= 0.6 is 11.6 Å². The highest BCUT2D eigenvalue weighted by molar-refractivity contribution is 6.30. The maximum atomic E-state index is 8.80. The van der Waals surface area contributed by atoms with E-state index >= 15 is 0 Å². The second-order valence-electron chi connectivity index (χ2n) is 2.50. The van der Waals surface area contributed by atoms with Crippen molar-refractivity contribution in [2.24, 2.45) is 0 Å². The minimum Gasteiger partial charge on any atom is -0.390 e. The van der Waals surface area contributed by atoms with Crippen molar-refractivity contribution in [2.75, 3.05) is 0 Å². The standard InChI is InChI=1S/C8H7ClN2O.C2H6/c9-6-1-2-8-10-7(5-12)4-11(8)3-6;1-2/h1-4,12H,5H2;1-2H3. The highest BCUT2D eigenvalue weighted by Crippen LogP contribution is 2.11. The van der Waals surface area contributed by atoms with Crippen LogP contribution in [0.4, 0.5) is 0 Å². The van der Waals surface area contributed by atoms with Gasteiger partial charge in [-0.05, 0) is 12.1 Å². The lowest BCUT2D eigenvalue weighted by molar-refractivity contribution is 0.277. The summed E-state index contributed by atoms with van der Waals surface area (Å²) in [6.45, 7) is 3.96. The van der Waals surface area contributed by atoms with Crippen LogP contribution in [0.5, 0.6) is 0 Å². The van der Waals surface area contributed by atoms with Crippen LogP contribution in [-0.4, -0.2) is 14.5 Å². The molecule has 0 bridgehead atoms. The molecule has 2 aromatic rings. The molecule has 0 aliphatic rings. The average molecular weight is 213 g/mol. The fraction of sp³-hybridized carbons (Fsp3) is 0.300. The molecule has 3 nitrogen and oxygen atoms in total. The Kier molecular flexibility index (Phi) is 3.92. The second-order valence-corrected chi connectivity index (χ2v) is 2.94. The molecule has 1 N–H and O–H groups in total. The van der Waals surface area contributed by atoms with E-state index in [0.717, 1.165) is 5.65 Å². The molecule has 76 valence electrons. The van der Waals surface area contributed by atoms with Crippen molar-refractivity contribution in [3.63, 3.8) is 0 Å². The molecule has 2 aromatic heterocycles. The van der Waals surface area contributed by atoms with Gasteiger partial charge in [0.05, 0.1) is 17.3 Å². The van der Waals surface area contributed by atoms with Crippen LogP contribution in [0, 0.1) is 0 Å². The zero-order chi connectivity index (χ0) is 10.6. The summed E-state index contributed by atoms with van der Waals surface area (Å²) in [6, 6.07) is 3.58. The Hall–Kier alpha value is -1.06. The van der Waals surface area contributed by atoms with Crippen LogP contribution in [-0.2, 0) is 6.61 Å². The molecule has 0 aliphatic heterocycles. The molecule has 0 unspecified atom stereocenters. The van der Waals surface area contributed by atoms with Gasteiger partial charge in [-0.2, -0.15) is 0 Å². The lowest BCUT2D eigenvalue weighted by Crippen LogP contribution is -1.79. The number of nitrogens with zero attached hydrogens (tertiary/aromatic N) is 2. The highest BCUT2D eigenvalue weighted by atomic mass is 35.5. The first kappa shape index (κ1) is 11.0. The first-order chi connectivity index (χ1) is 6.79. The monoisotopic (exact) mass is 212 g/mol. The summed E-state index contributed by atoms with van der Waals surface area (Å²) in [5.74, 6) is 0. The first-order valence-electron chi connectivity index (χ1n) is 4.53. The van der Waals surface area contributed by atoms with E-state index in [9.17, 15) is 0 Å². The third kappa shape index (κ3) is 2.25. The lowest BCUT2D eigenvalue weighted by Gasteiger charge is -1.91. The van der Waals surface area contributed by atoms with Gasteiger partial charge < -0.3 is 9.51 Å². The summed E-state index contributed by atoms with van der Waals surface area (Å²) in [6.07, 6.45) is 3.50. The molecule has 0 aliphatic carbocycles. The Morgan fingerprint density at radius 3 is 2.71 bits per heavy atom. The summed E-state index contributed by atoms with van der Waals surface area (Å²) in [7, 11) is 0. The lowest BCUT2D eigenvalue weighted by atomic mass is 10.5. The Bertz CT molecular complexity index is 411. The van der Waals surface area contributed by atoms with Crippen molar-refractivity contribution in [1.82, 2.24) is 9.38 Å². The third-order valence-electron chi connectivity index (χ3n) is 1.63. The van der Waals surface area contributed by atoms with Crippen molar-refractivity contribution in [2.45, 2.75) is 20.5 Å². The maximum absolute atomic E-state index is 8.80. The fourth-order valence-corrected chi connectivity index (χ4v) is 1.26. The quantitative estimate of drug-likeness (QED) is 0.789. The Labute approximate surface area is 88.0 Å². The van der Waals surface area contributed by atoms with E-state index in [1.807, 2.05) is 19.9 Å². The molecule has 0 atom stereocenters. The molecule has 4 heteroatoms. The van der Waals surface area contributed by atoms with Gasteiger partial charge >= 0.3 is 0 Å². The molecular weight excluding hydrogens is 200 g/mol. The van der Waals surface area contributed by atoms with E-state index in [4.69, 9.17) is 16.7 Å². The Balaban J connectivity index is 0.000000461. The van der Waals surface area contributed by atoms with Gasteiger partial charge in [-0.1, -0.05) is 25.4 Å². The van der Waals surface area contributed by atoms with Gasteiger partial charge in [-0.25, -0.2) is 4.98 Å². The van der Waals surface area contributed by atoms with Crippen molar-refractivity contribution in [1.29, 1.82) is 0 Å². The summed E-state index contributed by atoms with van der Waals surface area (Å²) in [4.78, 5) is 4.13. The van der Waals surface area contributed by atoms with E-state index in [1.165, 1.54) is 0 Å². The molecule has 2 heterocycles. The number of aliphatic hydroxyl groups is 1. The number of hydrogen-bond acceptors (Lipinski definition) is 2. The van der Waals surface area contributed by atoms with E-state index in [2.05, 4.69) is 4.98 Å². The van der Waals surface area contributed by atoms with E-state index < -0.39 is 0 Å². The molecule has 0 aromatic carbocycles. The molecule has 2 rings (SSSR count). The van der Waals surface area contributed by atoms with Crippen LogP contribution < -0.4 is 0 Å². The van der Waals surface area contributed by atoms with E-state index in [0.29, 0.717) is 10.7 Å². The summed E-state index contributed by atoms with van der Waals surface area (Å²) < 4.78 is 1.79. The van der Waals surface area contributed by atoms with Crippen molar-refractivity contribution >= 4 is 17.2 Å². The largest absolute Gasteiger partial charge is 0.390 e. The van der Waals surface area contributed by atoms with Crippen molar-refractivity contribution < 1.29 is 5.11 Å². The van der Waals surface area contributed by atoms with Crippen LogP contribution in [0.15, 0.2) is 24.5 Å². The van der Waals surface area contributed by atoms with Gasteiger partial charge in [-0.3, -0.25) is 0 Å². The summed E-state index contributed by atoms with van der Waals surface area (Å²) in [5.41, 5.74) is 1.45. The maximum Gasteiger partial charge on any atom is 0.137 e. The number of fused-ring (bicyclic) bond motifs is 1. The number of imidazole rings is 1. The van der Waals surface area contributed by atoms with Crippen LogP contribution in [0.1, 0.15) is 19.5 Å². The number of pyridine rings is 1. The van der Waals surface area contributed by atoms with Gasteiger partial charge in [0.25, 0.3) is 0 Å². The molecule has 0 fully saturated rings. The van der Waals surface area contributed by atoms with Crippen LogP contribution in [0.3, 0.4) is 0 Å². The van der Waals surface area contributed by atoms with Gasteiger partial charge in [-0.15, -0.1) is 0 Å². The third-order valence-corrected chi connectivity index (χ3v) is 1.85. The van der Waals surface area contributed by atoms with Gasteiger partial charge in [0.15, 0.2) is 0 Å². The molecule has 0 saturated carbocycles. The number of hydrogen-bond donors (Lipinski definition) is 1. The Morgan fingerprint density at radius 1 is 1.36 bits per heavy atom. The van der Waals surface area contributed by atoms with Crippen molar-refractivity contribution in [3.05, 3.63) is 35.2 Å². The molecule has 0 amide bonds. The van der Waals surface area contributed by atoms with Gasteiger partial charge in [0.1, 0.15) is 5.65 Å². The highest BCUT2D eigenvalue weighted by Gasteiger charge is 1.99. The predicted molar refractivity (Wildman–Crippen MR) is 57.5 cm³/mol. The topological polar surface area (TPSA) is 37.5 Å². The first-order valence-corrected chi connectivity index (χ1v) is 4.91. The average Bonchev–Trinajstić information content (AvgIpc) is 2.62. The number of halogens is 1. The molecule has 14 heavy (non-hydrogen) atoms. The molecule has 0 saturated heterocycles. The fourth-order valence-electron chi connectivity index (χ4n) is 1.09. The zero-order valence-electron chi connectivity index (χ0n) is 8.24. The summed E-state index contributed by atoms with van der Waals surface area (Å²) >= 11 is 5.76. The van der Waals surface area contributed by atoms with Crippen LogP contribution in [0.25, 0.3) is 5.65 Å². The zero-order valence-corrected chi connectivity index (χ0v) is 8.99. The number of rotatable bonds is 1. The number of aliphatic hydroxyl groups excluding tert-OH is 1. The minimum atomic E-state index is -0.0424. The molecule has 0 radical (unpaired) electrons. The Morgan fingerprint density at radius 2 is 2.07 bits per heavy atom. The minimum absolute atomic E-state index is 0.0424. The van der Waals surface area contributed by atoms with Gasteiger partial charge in [0, 0.05) is 12.4 Å². The molecular formula is C10H13ClN2O. The van der Waals surface area contributed by atoms with E-state index in [1.54, 1.807) is 22.9 Å². The SMILES string of the molecule is CC.OCc1cn2cc(Cl)ccc2n1. The van der Waals surface area contributed by atoms with Gasteiger partial charge in [0.2, 0.25) is 0 Å². The second kappa shape index (κ2) is 4.98. The summed E-state index contributed by atoms with van der Waals surface area (Å²) in [5, 5.41) is 9.46. The predicted octanol–water partition coefficient (Wildman–Crippen LogP) is 2.51. The molecule has 0 spiro atoms. The normalized spacial score (nSPS) is 9.71. The number of aromatic nitrogens is 2. The van der Waals surface area contributed by atoms with Crippen LogP contribution in [0.2, 0.25) is 5.02 Å². The van der Waals surface area contributed by atoms with E-state index in [-0.39, 0.29) is 6.61 Å². The van der Waals surface area contributed by atoms with Crippen molar-refractivity contribution in [3.8, 4) is 0 Å². The smallest absolute Gasteiger partial charge is 0.137 e.